The van der Waals surface area contributed by atoms with Crippen molar-refractivity contribution in [3.63, 3.8) is 0 Å². The number of benzene rings is 1. The van der Waals surface area contributed by atoms with Crippen molar-refractivity contribution < 1.29 is 23.8 Å². The van der Waals surface area contributed by atoms with Crippen LogP contribution in [0.25, 0.3) is 0 Å². The molecule has 1 aromatic carbocycles. The Balaban J connectivity index is 1.74. The summed E-state index contributed by atoms with van der Waals surface area (Å²) in [6.07, 6.45) is 0.623. The smallest absolute Gasteiger partial charge is 0.348 e. The van der Waals surface area contributed by atoms with Gasteiger partial charge in [-0.15, -0.1) is 11.3 Å². The molecule has 1 heterocycles. The molecule has 1 N–H and O–H groups in total. The standard InChI is InChI=1S/C17H18BrNO5S/c1-22-12-4-3-11(9-13(12)23-2)7-8-19-16(20)10-24-17(21)14-5-6-15(18)25-14/h3-6,9H,7-8,10H2,1-2H3,(H,19,20). The first-order valence-corrected chi connectivity index (χ1v) is 9.04. The van der Waals surface area contributed by atoms with Crippen molar-refractivity contribution in [3.05, 3.63) is 44.6 Å². The van der Waals surface area contributed by atoms with Crippen LogP contribution in [-0.4, -0.2) is 39.2 Å². The Morgan fingerprint density at radius 2 is 1.88 bits per heavy atom. The molecule has 8 heteroatoms. The first-order chi connectivity index (χ1) is 12.0. The number of hydrogen-bond donors (Lipinski definition) is 1. The summed E-state index contributed by atoms with van der Waals surface area (Å²) in [5.41, 5.74) is 0.999. The molecule has 0 saturated carbocycles. The zero-order valence-corrected chi connectivity index (χ0v) is 16.2. The number of amides is 1. The summed E-state index contributed by atoms with van der Waals surface area (Å²) < 4.78 is 16.2. The molecular formula is C17H18BrNO5S. The minimum atomic E-state index is -0.509. The molecule has 0 saturated heterocycles. The Bertz CT molecular complexity index is 746. The number of methoxy groups -OCH3 is 2. The molecule has 0 fully saturated rings. The maximum Gasteiger partial charge on any atom is 0.348 e. The number of carbonyl (C=O) groups is 2. The minimum absolute atomic E-state index is 0.305. The first kappa shape index (κ1) is 19.3. The van der Waals surface area contributed by atoms with Crippen LogP contribution in [0.3, 0.4) is 0 Å². The molecule has 25 heavy (non-hydrogen) atoms. The summed E-state index contributed by atoms with van der Waals surface area (Å²) in [6, 6.07) is 8.98. The van der Waals surface area contributed by atoms with Crippen molar-refractivity contribution in [1.29, 1.82) is 0 Å². The van der Waals surface area contributed by atoms with Gasteiger partial charge >= 0.3 is 5.97 Å². The van der Waals surface area contributed by atoms with E-state index >= 15 is 0 Å². The largest absolute Gasteiger partial charge is 0.493 e. The van der Waals surface area contributed by atoms with Crippen LogP contribution >= 0.6 is 27.3 Å². The lowest BCUT2D eigenvalue weighted by atomic mass is 10.1. The van der Waals surface area contributed by atoms with E-state index in [0.717, 1.165) is 9.35 Å². The van der Waals surface area contributed by atoms with E-state index in [1.165, 1.54) is 11.3 Å². The summed E-state index contributed by atoms with van der Waals surface area (Å²) in [5.74, 6) is 0.444. The van der Waals surface area contributed by atoms with E-state index in [-0.39, 0.29) is 12.5 Å². The predicted octanol–water partition coefficient (Wildman–Crippen LogP) is 3.04. The molecule has 0 aliphatic rings. The van der Waals surface area contributed by atoms with Crippen LogP contribution in [0.5, 0.6) is 11.5 Å². The molecule has 2 rings (SSSR count). The Labute approximate surface area is 158 Å². The molecule has 0 aliphatic carbocycles. The molecule has 2 aromatic rings. The number of halogens is 1. The van der Waals surface area contributed by atoms with E-state index < -0.39 is 5.97 Å². The number of nitrogens with one attached hydrogen (secondary N) is 1. The molecule has 1 amide bonds. The van der Waals surface area contributed by atoms with Crippen molar-refractivity contribution >= 4 is 39.1 Å². The highest BCUT2D eigenvalue weighted by molar-refractivity contribution is 9.11. The summed E-state index contributed by atoms with van der Waals surface area (Å²) >= 11 is 4.53. The van der Waals surface area contributed by atoms with E-state index in [9.17, 15) is 9.59 Å². The van der Waals surface area contributed by atoms with Crippen LogP contribution in [0.4, 0.5) is 0 Å². The molecule has 1 aromatic heterocycles. The molecule has 0 bridgehead atoms. The summed E-state index contributed by atoms with van der Waals surface area (Å²) in [5, 5.41) is 2.72. The number of rotatable bonds is 8. The molecule has 134 valence electrons. The van der Waals surface area contributed by atoms with Gasteiger partial charge in [0, 0.05) is 6.54 Å². The Morgan fingerprint density at radius 3 is 2.52 bits per heavy atom. The number of carbonyl (C=O) groups excluding carboxylic acids is 2. The number of esters is 1. The maximum absolute atomic E-state index is 11.8. The third kappa shape index (κ3) is 5.75. The van der Waals surface area contributed by atoms with Crippen LogP contribution in [-0.2, 0) is 16.0 Å². The summed E-state index contributed by atoms with van der Waals surface area (Å²) in [4.78, 5) is 24.0. The fourth-order valence-electron chi connectivity index (χ4n) is 2.06. The van der Waals surface area contributed by atoms with Crippen molar-refractivity contribution in [2.24, 2.45) is 0 Å². The lowest BCUT2D eigenvalue weighted by Gasteiger charge is -2.10. The van der Waals surface area contributed by atoms with Gasteiger partial charge in [0.05, 0.1) is 18.0 Å². The highest BCUT2D eigenvalue weighted by atomic mass is 79.9. The Morgan fingerprint density at radius 1 is 1.12 bits per heavy atom. The fourth-order valence-corrected chi connectivity index (χ4v) is 3.34. The fraction of sp³-hybridized carbons (Fsp3) is 0.294. The van der Waals surface area contributed by atoms with Crippen LogP contribution in [0, 0.1) is 0 Å². The number of thiophene rings is 1. The number of ether oxygens (including phenoxy) is 3. The van der Waals surface area contributed by atoms with Gasteiger partial charge in [0.15, 0.2) is 18.1 Å². The van der Waals surface area contributed by atoms with Gasteiger partial charge in [-0.1, -0.05) is 6.07 Å². The van der Waals surface area contributed by atoms with Crippen LogP contribution < -0.4 is 14.8 Å². The molecule has 0 atom stereocenters. The Hall–Kier alpha value is -2.06. The van der Waals surface area contributed by atoms with E-state index in [1.807, 2.05) is 18.2 Å². The SMILES string of the molecule is COc1ccc(CCNC(=O)COC(=O)c2ccc(Br)s2)cc1OC. The van der Waals surface area contributed by atoms with Gasteiger partial charge in [0.25, 0.3) is 5.91 Å². The van der Waals surface area contributed by atoms with Crippen molar-refractivity contribution in [1.82, 2.24) is 5.32 Å². The maximum atomic E-state index is 11.8. The zero-order chi connectivity index (χ0) is 18.2. The summed E-state index contributed by atoms with van der Waals surface area (Å²) in [7, 11) is 3.15. The van der Waals surface area contributed by atoms with Gasteiger partial charge in [-0.05, 0) is 52.2 Å². The van der Waals surface area contributed by atoms with E-state index in [0.29, 0.717) is 29.3 Å². The van der Waals surface area contributed by atoms with Gasteiger partial charge in [0.1, 0.15) is 4.88 Å². The second-order valence-electron chi connectivity index (χ2n) is 4.97. The topological polar surface area (TPSA) is 73.9 Å². The van der Waals surface area contributed by atoms with Gasteiger partial charge in [-0.25, -0.2) is 4.79 Å². The third-order valence-electron chi connectivity index (χ3n) is 3.29. The number of hydrogen-bond acceptors (Lipinski definition) is 6. The van der Waals surface area contributed by atoms with E-state index in [1.54, 1.807) is 26.4 Å². The first-order valence-electron chi connectivity index (χ1n) is 7.43. The lowest BCUT2D eigenvalue weighted by molar-refractivity contribution is -0.124. The molecule has 0 spiro atoms. The van der Waals surface area contributed by atoms with Crippen LogP contribution in [0.2, 0.25) is 0 Å². The molecule has 0 radical (unpaired) electrons. The van der Waals surface area contributed by atoms with E-state index in [4.69, 9.17) is 14.2 Å². The Kier molecular flexibility index (Phi) is 7.27. The average molecular weight is 428 g/mol. The quantitative estimate of drug-likeness (QED) is 0.655. The third-order valence-corrected chi connectivity index (χ3v) is 4.90. The lowest BCUT2D eigenvalue weighted by Crippen LogP contribution is -2.30. The highest BCUT2D eigenvalue weighted by Gasteiger charge is 2.12. The van der Waals surface area contributed by atoms with Crippen molar-refractivity contribution in [3.8, 4) is 11.5 Å². The minimum Gasteiger partial charge on any atom is -0.493 e. The van der Waals surface area contributed by atoms with Crippen LogP contribution in [0.15, 0.2) is 34.1 Å². The van der Waals surface area contributed by atoms with Gasteiger partial charge in [0.2, 0.25) is 0 Å². The summed E-state index contributed by atoms with van der Waals surface area (Å²) in [6.45, 7) is 0.122. The normalized spacial score (nSPS) is 10.2. The van der Waals surface area contributed by atoms with Crippen LogP contribution in [0.1, 0.15) is 15.2 Å². The second kappa shape index (κ2) is 9.43. The second-order valence-corrected chi connectivity index (χ2v) is 7.43. The van der Waals surface area contributed by atoms with Gasteiger partial charge in [-0.3, -0.25) is 4.79 Å². The molecular weight excluding hydrogens is 410 g/mol. The van der Waals surface area contributed by atoms with E-state index in [2.05, 4.69) is 21.2 Å². The molecule has 6 nitrogen and oxygen atoms in total. The monoisotopic (exact) mass is 427 g/mol. The van der Waals surface area contributed by atoms with Gasteiger partial charge < -0.3 is 19.5 Å². The van der Waals surface area contributed by atoms with Crippen molar-refractivity contribution in [2.45, 2.75) is 6.42 Å². The predicted molar refractivity (Wildman–Crippen MR) is 98.6 cm³/mol. The zero-order valence-electron chi connectivity index (χ0n) is 13.8. The average Bonchev–Trinajstić information content (AvgIpc) is 3.06. The molecule has 0 unspecified atom stereocenters. The van der Waals surface area contributed by atoms with Crippen molar-refractivity contribution in [2.75, 3.05) is 27.4 Å². The van der Waals surface area contributed by atoms with Gasteiger partial charge in [-0.2, -0.15) is 0 Å². The highest BCUT2D eigenvalue weighted by Crippen LogP contribution is 2.27. The molecule has 0 aliphatic heterocycles.